The number of rotatable bonds is 7. The quantitative estimate of drug-likeness (QED) is 0.813. The van der Waals surface area contributed by atoms with Crippen molar-refractivity contribution in [2.75, 3.05) is 18.6 Å². The number of carbonyl (C=O) groups excluding carboxylic acids is 1. The van der Waals surface area contributed by atoms with Crippen LogP contribution >= 0.6 is 11.8 Å². The van der Waals surface area contributed by atoms with Crippen molar-refractivity contribution in [2.24, 2.45) is 0 Å². The second kappa shape index (κ2) is 6.36. The van der Waals surface area contributed by atoms with E-state index in [1.54, 1.807) is 30.8 Å². The summed E-state index contributed by atoms with van der Waals surface area (Å²) in [5.41, 5.74) is -0.564. The van der Waals surface area contributed by atoms with Gasteiger partial charge < -0.3 is 10.4 Å². The van der Waals surface area contributed by atoms with E-state index in [2.05, 4.69) is 5.32 Å². The second-order valence-electron chi connectivity index (χ2n) is 6.01. The molecule has 21 heavy (non-hydrogen) atoms. The van der Waals surface area contributed by atoms with Crippen LogP contribution in [0.15, 0.2) is 24.3 Å². The van der Waals surface area contributed by atoms with Crippen molar-refractivity contribution in [3.8, 4) is 0 Å². The largest absolute Gasteiger partial charge is 0.388 e. The third kappa shape index (κ3) is 3.98. The molecule has 0 saturated heterocycles. The Morgan fingerprint density at radius 3 is 2.57 bits per heavy atom. The highest BCUT2D eigenvalue weighted by Crippen LogP contribution is 2.48. The fourth-order valence-electron chi connectivity index (χ4n) is 2.39. The third-order valence-electron chi connectivity index (χ3n) is 4.06. The van der Waals surface area contributed by atoms with Crippen LogP contribution in [0.3, 0.4) is 0 Å². The van der Waals surface area contributed by atoms with Crippen molar-refractivity contribution < 1.29 is 14.3 Å². The number of benzene rings is 1. The second-order valence-corrected chi connectivity index (χ2v) is 7.00. The number of halogens is 1. The van der Waals surface area contributed by atoms with Gasteiger partial charge in [-0.2, -0.15) is 11.8 Å². The summed E-state index contributed by atoms with van der Waals surface area (Å²) in [6, 6.07) is 6.12. The zero-order valence-electron chi connectivity index (χ0n) is 12.5. The van der Waals surface area contributed by atoms with Crippen LogP contribution in [0, 0.1) is 5.82 Å². The molecule has 1 aliphatic rings. The van der Waals surface area contributed by atoms with E-state index in [9.17, 15) is 14.3 Å². The Morgan fingerprint density at radius 1 is 1.43 bits per heavy atom. The highest BCUT2D eigenvalue weighted by molar-refractivity contribution is 7.98. The molecule has 1 aromatic rings. The molecular weight excluding hydrogens is 289 g/mol. The first kappa shape index (κ1) is 16.3. The third-order valence-corrected chi connectivity index (χ3v) is 4.67. The summed E-state index contributed by atoms with van der Waals surface area (Å²) in [5.74, 6) is 0.486. The molecule has 5 heteroatoms. The van der Waals surface area contributed by atoms with Crippen LogP contribution in [-0.2, 0) is 10.2 Å². The van der Waals surface area contributed by atoms with Crippen LogP contribution in [0.25, 0.3) is 0 Å². The van der Waals surface area contributed by atoms with Crippen LogP contribution in [0.5, 0.6) is 0 Å². The lowest BCUT2D eigenvalue weighted by molar-refractivity contribution is -0.124. The van der Waals surface area contributed by atoms with Gasteiger partial charge in [-0.05, 0) is 55.9 Å². The SMILES string of the molecule is CSCCC(C)(O)CNC(=O)C1(c2ccc(F)cc2)CC1. The molecule has 0 heterocycles. The number of thioether (sulfide) groups is 1. The molecule has 1 aromatic carbocycles. The van der Waals surface area contributed by atoms with Crippen LogP contribution in [0.2, 0.25) is 0 Å². The van der Waals surface area contributed by atoms with Gasteiger partial charge in [-0.1, -0.05) is 12.1 Å². The van der Waals surface area contributed by atoms with Crippen molar-refractivity contribution in [1.29, 1.82) is 0 Å². The molecule has 1 fully saturated rings. The smallest absolute Gasteiger partial charge is 0.230 e. The van der Waals surface area contributed by atoms with Crippen molar-refractivity contribution >= 4 is 17.7 Å². The number of aliphatic hydroxyl groups is 1. The average Bonchev–Trinajstić information content (AvgIpc) is 3.25. The van der Waals surface area contributed by atoms with E-state index in [-0.39, 0.29) is 18.3 Å². The van der Waals surface area contributed by atoms with Gasteiger partial charge in [0.25, 0.3) is 0 Å². The minimum absolute atomic E-state index is 0.0708. The normalized spacial score (nSPS) is 18.9. The fraction of sp³-hybridized carbons (Fsp3) is 0.562. The molecular formula is C16H22FNO2S. The van der Waals surface area contributed by atoms with Crippen LogP contribution in [-0.4, -0.2) is 35.2 Å². The molecule has 3 nitrogen and oxygen atoms in total. The molecule has 2 rings (SSSR count). The summed E-state index contributed by atoms with van der Waals surface area (Å²) in [6.45, 7) is 1.98. The van der Waals surface area contributed by atoms with E-state index in [4.69, 9.17) is 0 Å². The Kier molecular flexibility index (Phi) is 4.94. The Hall–Kier alpha value is -1.07. The molecule has 0 aliphatic heterocycles. The van der Waals surface area contributed by atoms with E-state index in [1.165, 1.54) is 12.1 Å². The van der Waals surface area contributed by atoms with E-state index < -0.39 is 11.0 Å². The Balaban J connectivity index is 1.95. The maximum atomic E-state index is 13.0. The summed E-state index contributed by atoms with van der Waals surface area (Å²) >= 11 is 1.67. The topological polar surface area (TPSA) is 49.3 Å². The van der Waals surface area contributed by atoms with Crippen molar-refractivity contribution in [3.63, 3.8) is 0 Å². The van der Waals surface area contributed by atoms with Crippen LogP contribution < -0.4 is 5.32 Å². The molecule has 0 aromatic heterocycles. The summed E-state index contributed by atoms with van der Waals surface area (Å²) < 4.78 is 13.0. The lowest BCUT2D eigenvalue weighted by Gasteiger charge is -2.25. The molecule has 0 spiro atoms. The summed E-state index contributed by atoms with van der Waals surface area (Å²) in [5, 5.41) is 13.1. The number of nitrogens with one attached hydrogen (secondary N) is 1. The molecule has 2 N–H and O–H groups in total. The molecule has 0 radical (unpaired) electrons. The van der Waals surface area contributed by atoms with Gasteiger partial charge >= 0.3 is 0 Å². The number of hydrogen-bond acceptors (Lipinski definition) is 3. The zero-order chi connectivity index (χ0) is 15.5. The number of hydrogen-bond donors (Lipinski definition) is 2. The lowest BCUT2D eigenvalue weighted by atomic mass is 9.94. The van der Waals surface area contributed by atoms with E-state index in [1.807, 2.05) is 6.26 Å². The molecule has 0 bridgehead atoms. The van der Waals surface area contributed by atoms with E-state index in [0.717, 1.165) is 24.2 Å². The van der Waals surface area contributed by atoms with Gasteiger partial charge in [0, 0.05) is 6.54 Å². The van der Waals surface area contributed by atoms with Crippen molar-refractivity contribution in [3.05, 3.63) is 35.6 Å². The van der Waals surface area contributed by atoms with Crippen molar-refractivity contribution in [2.45, 2.75) is 37.2 Å². The minimum Gasteiger partial charge on any atom is -0.388 e. The monoisotopic (exact) mass is 311 g/mol. The average molecular weight is 311 g/mol. The zero-order valence-corrected chi connectivity index (χ0v) is 13.3. The first-order chi connectivity index (χ1) is 9.89. The predicted octanol–water partition coefficient (Wildman–Crippen LogP) is 2.48. The first-order valence-electron chi connectivity index (χ1n) is 7.15. The number of carbonyl (C=O) groups is 1. The Bertz CT molecular complexity index is 498. The van der Waals surface area contributed by atoms with Gasteiger partial charge in [0.15, 0.2) is 0 Å². The maximum Gasteiger partial charge on any atom is 0.230 e. The molecule has 1 unspecified atom stereocenters. The van der Waals surface area contributed by atoms with Gasteiger partial charge in [-0.3, -0.25) is 4.79 Å². The molecule has 1 amide bonds. The van der Waals surface area contributed by atoms with E-state index >= 15 is 0 Å². The first-order valence-corrected chi connectivity index (χ1v) is 8.55. The molecule has 1 saturated carbocycles. The van der Waals surface area contributed by atoms with Gasteiger partial charge in [0.1, 0.15) is 5.82 Å². The minimum atomic E-state index is -0.891. The van der Waals surface area contributed by atoms with Gasteiger partial charge in [0.2, 0.25) is 5.91 Å². The number of amides is 1. The van der Waals surface area contributed by atoms with Crippen LogP contribution in [0.4, 0.5) is 4.39 Å². The van der Waals surface area contributed by atoms with Gasteiger partial charge in [-0.15, -0.1) is 0 Å². The van der Waals surface area contributed by atoms with Crippen molar-refractivity contribution in [1.82, 2.24) is 5.32 Å². The fourth-order valence-corrected chi connectivity index (χ4v) is 3.03. The molecule has 116 valence electrons. The van der Waals surface area contributed by atoms with Gasteiger partial charge in [-0.25, -0.2) is 4.39 Å². The van der Waals surface area contributed by atoms with Crippen LogP contribution in [0.1, 0.15) is 31.7 Å². The highest BCUT2D eigenvalue weighted by Gasteiger charge is 2.51. The Morgan fingerprint density at radius 2 is 2.05 bits per heavy atom. The highest BCUT2D eigenvalue weighted by atomic mass is 32.2. The summed E-state index contributed by atoms with van der Waals surface area (Å²) in [4.78, 5) is 12.4. The predicted molar refractivity (Wildman–Crippen MR) is 83.9 cm³/mol. The Labute approximate surface area is 129 Å². The molecule has 1 atom stereocenters. The lowest BCUT2D eigenvalue weighted by Crippen LogP contribution is -2.44. The van der Waals surface area contributed by atoms with Gasteiger partial charge in [0.05, 0.1) is 11.0 Å². The van der Waals surface area contributed by atoms with E-state index in [0.29, 0.717) is 6.42 Å². The summed E-state index contributed by atoms with van der Waals surface area (Å²) in [6.07, 6.45) is 4.18. The molecule has 1 aliphatic carbocycles. The maximum absolute atomic E-state index is 13.0. The summed E-state index contributed by atoms with van der Waals surface area (Å²) in [7, 11) is 0. The standard InChI is InChI=1S/C16H22FNO2S/c1-15(20,9-10-21-2)11-18-14(19)16(7-8-16)12-3-5-13(17)6-4-12/h3-6,20H,7-11H2,1-2H3,(H,18,19).